The summed E-state index contributed by atoms with van der Waals surface area (Å²) in [6.45, 7) is 19.8. The van der Waals surface area contributed by atoms with Gasteiger partial charge in [-0.05, 0) is 87.1 Å². The molecule has 0 aliphatic rings. The summed E-state index contributed by atoms with van der Waals surface area (Å²) < 4.78 is 20.2. The van der Waals surface area contributed by atoms with Crippen molar-refractivity contribution in [3.8, 4) is 11.5 Å². The highest BCUT2D eigenvalue weighted by atomic mass is 16.5. The SMILES string of the molecule is CCCCCN(CCCCC)c1ccc(C(COCC(c2ccc(N(C)C)cc2)c2ccc(N(CCCCC)CCCCC)cc2OCC)c2ccc(N(C)C)cc2)c(OCC)c1. The van der Waals surface area contributed by atoms with Crippen LogP contribution in [0.25, 0.3) is 0 Å². The zero-order valence-corrected chi connectivity index (χ0v) is 41.4. The van der Waals surface area contributed by atoms with Gasteiger partial charge in [-0.25, -0.2) is 0 Å². The normalized spacial score (nSPS) is 12.2. The highest BCUT2D eigenvalue weighted by molar-refractivity contribution is 5.59. The monoisotopic (exact) mass is 863 g/mol. The summed E-state index contributed by atoms with van der Waals surface area (Å²) in [5.74, 6) is 1.83. The van der Waals surface area contributed by atoms with Crippen molar-refractivity contribution in [3.05, 3.63) is 107 Å². The van der Waals surface area contributed by atoms with Gasteiger partial charge in [-0.3, -0.25) is 0 Å². The Hall–Kier alpha value is -4.36. The van der Waals surface area contributed by atoms with Gasteiger partial charge in [0.2, 0.25) is 0 Å². The molecule has 0 aliphatic heterocycles. The van der Waals surface area contributed by atoms with Crippen LogP contribution in [0.4, 0.5) is 22.7 Å². The van der Waals surface area contributed by atoms with Gasteiger partial charge in [0.15, 0.2) is 0 Å². The topological polar surface area (TPSA) is 40.7 Å². The third kappa shape index (κ3) is 16.0. The van der Waals surface area contributed by atoms with Crippen LogP contribution in [0.2, 0.25) is 0 Å². The van der Waals surface area contributed by atoms with E-state index in [-0.39, 0.29) is 11.8 Å². The zero-order valence-electron chi connectivity index (χ0n) is 41.4. The van der Waals surface area contributed by atoms with E-state index in [1.807, 2.05) is 0 Å². The molecule has 0 N–H and O–H groups in total. The molecule has 7 nitrogen and oxygen atoms in total. The van der Waals surface area contributed by atoms with Crippen molar-refractivity contribution in [2.45, 2.75) is 130 Å². The van der Waals surface area contributed by atoms with Crippen LogP contribution in [-0.4, -0.2) is 80.8 Å². The van der Waals surface area contributed by atoms with E-state index in [4.69, 9.17) is 14.2 Å². The van der Waals surface area contributed by atoms with Crippen LogP contribution in [0.1, 0.15) is 153 Å². The molecule has 0 aliphatic carbocycles. The smallest absolute Gasteiger partial charge is 0.125 e. The van der Waals surface area contributed by atoms with Crippen LogP contribution in [0.5, 0.6) is 11.5 Å². The Morgan fingerprint density at radius 3 is 1.00 bits per heavy atom. The number of nitrogens with zero attached hydrogens (tertiary/aromatic N) is 4. The zero-order chi connectivity index (χ0) is 45.4. The minimum Gasteiger partial charge on any atom is -0.493 e. The minimum atomic E-state index is -0.0317. The van der Waals surface area contributed by atoms with Crippen molar-refractivity contribution in [1.29, 1.82) is 0 Å². The number of hydrogen-bond acceptors (Lipinski definition) is 7. The lowest BCUT2D eigenvalue weighted by molar-refractivity contribution is 0.119. The average Bonchev–Trinajstić information content (AvgIpc) is 3.29. The second kappa shape index (κ2) is 28.4. The number of ether oxygens (including phenoxy) is 3. The summed E-state index contributed by atoms with van der Waals surface area (Å²) in [6, 6.07) is 31.9. The molecule has 348 valence electrons. The number of unbranched alkanes of at least 4 members (excludes halogenated alkanes) is 8. The molecule has 0 amide bonds. The maximum atomic E-state index is 7.06. The van der Waals surface area contributed by atoms with Gasteiger partial charge >= 0.3 is 0 Å². The Bertz CT molecular complexity index is 1670. The van der Waals surface area contributed by atoms with E-state index in [0.29, 0.717) is 26.4 Å². The number of rotatable bonds is 32. The van der Waals surface area contributed by atoms with E-state index < -0.39 is 0 Å². The highest BCUT2D eigenvalue weighted by Crippen LogP contribution is 2.39. The minimum absolute atomic E-state index is 0.0317. The van der Waals surface area contributed by atoms with Gasteiger partial charge in [0.05, 0.1) is 26.4 Å². The van der Waals surface area contributed by atoms with Gasteiger partial charge in [-0.15, -0.1) is 0 Å². The molecule has 2 atom stereocenters. The fourth-order valence-corrected chi connectivity index (χ4v) is 8.57. The van der Waals surface area contributed by atoms with Crippen LogP contribution in [-0.2, 0) is 4.74 Å². The highest BCUT2D eigenvalue weighted by Gasteiger charge is 2.25. The molecule has 4 rings (SSSR count). The molecular formula is C56H86N4O3. The van der Waals surface area contributed by atoms with Gasteiger partial charge in [0, 0.05) is 112 Å². The molecule has 0 heterocycles. The molecule has 0 bridgehead atoms. The summed E-state index contributed by atoms with van der Waals surface area (Å²) >= 11 is 0. The molecule has 0 fully saturated rings. The second-order valence-corrected chi connectivity index (χ2v) is 17.7. The van der Waals surface area contributed by atoms with Crippen molar-refractivity contribution in [1.82, 2.24) is 0 Å². The molecule has 0 aromatic heterocycles. The van der Waals surface area contributed by atoms with Crippen molar-refractivity contribution >= 4 is 22.7 Å². The molecular weight excluding hydrogens is 777 g/mol. The summed E-state index contributed by atoms with van der Waals surface area (Å²) in [4.78, 5) is 9.48. The quantitative estimate of drug-likeness (QED) is 0.0453. The van der Waals surface area contributed by atoms with Crippen LogP contribution in [0.15, 0.2) is 84.9 Å². The Labute approximate surface area is 385 Å². The number of benzene rings is 4. The van der Waals surface area contributed by atoms with E-state index in [0.717, 1.165) is 48.8 Å². The Morgan fingerprint density at radius 1 is 0.397 bits per heavy atom. The lowest BCUT2D eigenvalue weighted by Gasteiger charge is -2.29. The fraction of sp³-hybridized carbons (Fsp3) is 0.571. The molecule has 0 saturated carbocycles. The van der Waals surface area contributed by atoms with Crippen molar-refractivity contribution in [2.24, 2.45) is 0 Å². The third-order valence-electron chi connectivity index (χ3n) is 12.4. The first-order chi connectivity index (χ1) is 30.7. The van der Waals surface area contributed by atoms with Crippen LogP contribution < -0.4 is 29.1 Å². The molecule has 63 heavy (non-hydrogen) atoms. The van der Waals surface area contributed by atoms with Crippen molar-refractivity contribution in [3.63, 3.8) is 0 Å². The van der Waals surface area contributed by atoms with E-state index in [1.54, 1.807) is 0 Å². The summed E-state index contributed by atoms with van der Waals surface area (Å²) in [7, 11) is 8.38. The summed E-state index contributed by atoms with van der Waals surface area (Å²) in [5, 5.41) is 0. The maximum Gasteiger partial charge on any atom is 0.125 e. The van der Waals surface area contributed by atoms with E-state index >= 15 is 0 Å². The lowest BCUT2D eigenvalue weighted by Crippen LogP contribution is -2.26. The molecule has 0 radical (unpaired) electrons. The first-order valence-corrected chi connectivity index (χ1v) is 24.8. The molecule has 0 saturated heterocycles. The fourth-order valence-electron chi connectivity index (χ4n) is 8.57. The number of hydrogen-bond donors (Lipinski definition) is 0. The van der Waals surface area contributed by atoms with Gasteiger partial charge in [0.1, 0.15) is 11.5 Å². The third-order valence-corrected chi connectivity index (χ3v) is 12.4. The molecule has 0 spiro atoms. The van der Waals surface area contributed by atoms with Gasteiger partial charge < -0.3 is 33.8 Å². The van der Waals surface area contributed by atoms with E-state index in [9.17, 15) is 0 Å². The van der Waals surface area contributed by atoms with E-state index in [1.165, 1.54) is 111 Å². The molecule has 4 aromatic rings. The summed E-state index contributed by atoms with van der Waals surface area (Å²) in [5.41, 5.74) is 9.62. The van der Waals surface area contributed by atoms with Crippen molar-refractivity contribution in [2.75, 3.05) is 100 Å². The van der Waals surface area contributed by atoms with Crippen LogP contribution in [0, 0.1) is 0 Å². The Balaban J connectivity index is 1.76. The van der Waals surface area contributed by atoms with Gasteiger partial charge in [-0.1, -0.05) is 115 Å². The van der Waals surface area contributed by atoms with E-state index in [2.05, 4.69) is 174 Å². The average molecular weight is 863 g/mol. The van der Waals surface area contributed by atoms with Gasteiger partial charge in [0.25, 0.3) is 0 Å². The van der Waals surface area contributed by atoms with Gasteiger partial charge in [-0.2, -0.15) is 0 Å². The Morgan fingerprint density at radius 2 is 0.714 bits per heavy atom. The predicted molar refractivity (Wildman–Crippen MR) is 274 cm³/mol. The predicted octanol–water partition coefficient (Wildman–Crippen LogP) is 14.0. The standard InChI is InChI=1S/C56H86N4O3/c1-11-17-21-37-59(38-22-18-12-2)49-33-35-51(55(41-49)62-15-5)53(45-25-29-47(30-26-45)57(7)8)43-61-44-54(46-27-31-48(32-28-46)58(9)10)52-36-34-50(42-56(52)63-16-6)60(39-23-19-13-3)40-24-20-14-4/h25-36,41-42,53-54H,11-24,37-40,43-44H2,1-10H3. The largest absolute Gasteiger partial charge is 0.493 e. The summed E-state index contributed by atoms with van der Waals surface area (Å²) in [6.07, 6.45) is 14.7. The molecule has 2 unspecified atom stereocenters. The van der Waals surface area contributed by atoms with Crippen LogP contribution >= 0.6 is 0 Å². The van der Waals surface area contributed by atoms with Crippen LogP contribution in [0.3, 0.4) is 0 Å². The number of anilines is 4. The second-order valence-electron chi connectivity index (χ2n) is 17.7. The molecule has 4 aromatic carbocycles. The molecule has 7 heteroatoms. The first-order valence-electron chi connectivity index (χ1n) is 24.8. The lowest BCUT2D eigenvalue weighted by atomic mass is 9.89. The maximum absolute atomic E-state index is 7.06. The first kappa shape index (κ1) is 51.3. The van der Waals surface area contributed by atoms with Crippen molar-refractivity contribution < 1.29 is 14.2 Å². The Kier molecular flexibility index (Phi) is 23.1.